The quantitative estimate of drug-likeness (QED) is 0.764. The van der Waals surface area contributed by atoms with Crippen molar-refractivity contribution < 1.29 is 17.9 Å². The number of ether oxygens (including phenoxy) is 1. The molecule has 0 aliphatic carbocycles. The monoisotopic (exact) mass is 388 g/mol. The molecular formula is C20H24N2O4S. The fourth-order valence-electron chi connectivity index (χ4n) is 3.02. The van der Waals surface area contributed by atoms with Crippen LogP contribution in [0.25, 0.3) is 0 Å². The van der Waals surface area contributed by atoms with Crippen LogP contribution in [0.2, 0.25) is 0 Å². The lowest BCUT2D eigenvalue weighted by Gasteiger charge is -2.12. The number of carbonyl (C=O) groups excluding carboxylic acids is 1. The van der Waals surface area contributed by atoms with Gasteiger partial charge in [0.1, 0.15) is 0 Å². The minimum absolute atomic E-state index is 0.0662. The van der Waals surface area contributed by atoms with Crippen molar-refractivity contribution in [2.45, 2.75) is 37.2 Å². The van der Waals surface area contributed by atoms with Gasteiger partial charge in [-0.3, -0.25) is 4.79 Å². The normalized spacial score (nSPS) is 17.0. The Bertz CT molecular complexity index is 888. The molecule has 27 heavy (non-hydrogen) atoms. The van der Waals surface area contributed by atoms with Crippen molar-refractivity contribution in [2.75, 3.05) is 18.5 Å². The first-order valence-corrected chi connectivity index (χ1v) is 10.6. The molecular weight excluding hydrogens is 364 g/mol. The fraction of sp³-hybridized carbons (Fsp3) is 0.350. The second-order valence-electron chi connectivity index (χ2n) is 6.48. The summed E-state index contributed by atoms with van der Waals surface area (Å²) >= 11 is 0. The van der Waals surface area contributed by atoms with Gasteiger partial charge >= 0.3 is 0 Å². The molecule has 2 aromatic carbocycles. The van der Waals surface area contributed by atoms with Gasteiger partial charge in [0.25, 0.3) is 5.91 Å². The molecule has 1 aliphatic rings. The van der Waals surface area contributed by atoms with E-state index in [4.69, 9.17) is 4.74 Å². The van der Waals surface area contributed by atoms with Crippen LogP contribution in [-0.4, -0.2) is 33.6 Å². The summed E-state index contributed by atoms with van der Waals surface area (Å²) in [6.07, 6.45) is 2.56. The Morgan fingerprint density at radius 3 is 2.56 bits per heavy atom. The van der Waals surface area contributed by atoms with Gasteiger partial charge in [-0.2, -0.15) is 0 Å². The molecule has 1 fully saturated rings. The molecule has 1 heterocycles. The highest BCUT2D eigenvalue weighted by atomic mass is 32.2. The van der Waals surface area contributed by atoms with Crippen LogP contribution in [0.3, 0.4) is 0 Å². The molecule has 7 heteroatoms. The molecule has 0 radical (unpaired) electrons. The summed E-state index contributed by atoms with van der Waals surface area (Å²) in [5.74, 6) is -0.271. The largest absolute Gasteiger partial charge is 0.377 e. The van der Waals surface area contributed by atoms with E-state index in [-0.39, 0.29) is 23.5 Å². The van der Waals surface area contributed by atoms with E-state index in [2.05, 4.69) is 10.0 Å². The lowest BCUT2D eigenvalue weighted by molar-refractivity contribution is 0.102. The standard InChI is InChI=1S/C20H24N2O4S/c1-2-15-6-3-4-8-19(15)22-20(23)16-9-11-18(12-10-16)27(24,25)21-14-17-7-5-13-26-17/h3-4,6,8-12,17,21H,2,5,7,13-14H2,1H3,(H,22,23)/t17-/m0/s1. The summed E-state index contributed by atoms with van der Waals surface area (Å²) < 4.78 is 32.8. The van der Waals surface area contributed by atoms with Crippen LogP contribution in [0.1, 0.15) is 35.7 Å². The molecule has 0 bridgehead atoms. The zero-order valence-corrected chi connectivity index (χ0v) is 16.1. The molecule has 1 aliphatic heterocycles. The van der Waals surface area contributed by atoms with Crippen molar-refractivity contribution in [1.82, 2.24) is 4.72 Å². The number of amides is 1. The third kappa shape index (κ3) is 4.94. The van der Waals surface area contributed by atoms with E-state index in [0.717, 1.165) is 30.5 Å². The molecule has 0 aromatic heterocycles. The Kier molecular flexibility index (Phi) is 6.26. The van der Waals surface area contributed by atoms with Crippen LogP contribution in [-0.2, 0) is 21.2 Å². The average molecular weight is 388 g/mol. The van der Waals surface area contributed by atoms with Gasteiger partial charge < -0.3 is 10.1 Å². The number of hydrogen-bond acceptors (Lipinski definition) is 4. The highest BCUT2D eigenvalue weighted by Crippen LogP contribution is 2.18. The molecule has 0 saturated carbocycles. The van der Waals surface area contributed by atoms with Crippen LogP contribution in [0, 0.1) is 0 Å². The van der Waals surface area contributed by atoms with Crippen molar-refractivity contribution >= 4 is 21.6 Å². The molecule has 1 atom stereocenters. The van der Waals surface area contributed by atoms with Gasteiger partial charge in [-0.25, -0.2) is 13.1 Å². The molecule has 0 unspecified atom stereocenters. The first kappa shape index (κ1) is 19.5. The van der Waals surface area contributed by atoms with Gasteiger partial charge in [0.15, 0.2) is 0 Å². The number of aryl methyl sites for hydroxylation is 1. The van der Waals surface area contributed by atoms with Gasteiger partial charge in [0.2, 0.25) is 10.0 Å². The van der Waals surface area contributed by atoms with E-state index in [1.807, 2.05) is 31.2 Å². The average Bonchev–Trinajstić information content (AvgIpc) is 3.21. The van der Waals surface area contributed by atoms with E-state index in [1.54, 1.807) is 0 Å². The highest BCUT2D eigenvalue weighted by molar-refractivity contribution is 7.89. The Morgan fingerprint density at radius 2 is 1.89 bits per heavy atom. The van der Waals surface area contributed by atoms with Gasteiger partial charge in [0, 0.05) is 24.4 Å². The van der Waals surface area contributed by atoms with Crippen LogP contribution >= 0.6 is 0 Å². The maximum atomic E-state index is 12.5. The number of rotatable bonds is 7. The number of hydrogen-bond donors (Lipinski definition) is 2. The summed E-state index contributed by atoms with van der Waals surface area (Å²) in [6, 6.07) is 13.5. The number of benzene rings is 2. The number of para-hydroxylation sites is 1. The highest BCUT2D eigenvalue weighted by Gasteiger charge is 2.20. The van der Waals surface area contributed by atoms with Crippen molar-refractivity contribution in [3.05, 3.63) is 59.7 Å². The van der Waals surface area contributed by atoms with Crippen molar-refractivity contribution in [2.24, 2.45) is 0 Å². The topological polar surface area (TPSA) is 84.5 Å². The molecule has 1 saturated heterocycles. The second-order valence-corrected chi connectivity index (χ2v) is 8.24. The van der Waals surface area contributed by atoms with E-state index < -0.39 is 10.0 Å². The maximum Gasteiger partial charge on any atom is 0.255 e. The molecule has 2 N–H and O–H groups in total. The van der Waals surface area contributed by atoms with Crippen molar-refractivity contribution in [3.8, 4) is 0 Å². The fourth-order valence-corrected chi connectivity index (χ4v) is 4.09. The van der Waals surface area contributed by atoms with Crippen LogP contribution in [0.5, 0.6) is 0 Å². The predicted molar refractivity (Wildman–Crippen MR) is 104 cm³/mol. The Balaban J connectivity index is 1.66. The third-order valence-corrected chi connectivity index (χ3v) is 6.04. The minimum Gasteiger partial charge on any atom is -0.377 e. The lowest BCUT2D eigenvalue weighted by atomic mass is 10.1. The van der Waals surface area contributed by atoms with Crippen molar-refractivity contribution in [3.63, 3.8) is 0 Å². The number of nitrogens with one attached hydrogen (secondary N) is 2. The molecule has 1 amide bonds. The Morgan fingerprint density at radius 1 is 1.15 bits per heavy atom. The number of carbonyl (C=O) groups is 1. The second kappa shape index (κ2) is 8.65. The SMILES string of the molecule is CCc1ccccc1NC(=O)c1ccc(S(=O)(=O)NC[C@@H]2CCCO2)cc1. The molecule has 3 rings (SSSR count). The molecule has 2 aromatic rings. The van der Waals surface area contributed by atoms with Crippen LogP contribution in [0.4, 0.5) is 5.69 Å². The Labute approximate surface area is 160 Å². The van der Waals surface area contributed by atoms with Crippen molar-refractivity contribution in [1.29, 1.82) is 0 Å². The lowest BCUT2D eigenvalue weighted by Crippen LogP contribution is -2.31. The van der Waals surface area contributed by atoms with E-state index >= 15 is 0 Å². The smallest absolute Gasteiger partial charge is 0.255 e. The summed E-state index contributed by atoms with van der Waals surface area (Å²) in [5, 5.41) is 2.88. The summed E-state index contributed by atoms with van der Waals surface area (Å²) in [7, 11) is -3.62. The molecule has 144 valence electrons. The zero-order valence-electron chi connectivity index (χ0n) is 15.3. The molecule has 6 nitrogen and oxygen atoms in total. The maximum absolute atomic E-state index is 12.5. The number of anilines is 1. The minimum atomic E-state index is -3.62. The number of sulfonamides is 1. The van der Waals surface area contributed by atoms with E-state index in [0.29, 0.717) is 12.2 Å². The zero-order chi connectivity index (χ0) is 19.3. The summed E-state index contributed by atoms with van der Waals surface area (Å²) in [4.78, 5) is 12.6. The third-order valence-electron chi connectivity index (χ3n) is 4.60. The first-order chi connectivity index (χ1) is 13.0. The van der Waals surface area contributed by atoms with Crippen LogP contribution in [0.15, 0.2) is 53.4 Å². The summed E-state index contributed by atoms with van der Waals surface area (Å²) in [6.45, 7) is 2.96. The van der Waals surface area contributed by atoms with E-state index in [9.17, 15) is 13.2 Å². The summed E-state index contributed by atoms with van der Waals surface area (Å²) in [5.41, 5.74) is 2.21. The van der Waals surface area contributed by atoms with Gasteiger partial charge in [-0.05, 0) is 55.2 Å². The van der Waals surface area contributed by atoms with Crippen LogP contribution < -0.4 is 10.0 Å². The van der Waals surface area contributed by atoms with Gasteiger partial charge in [-0.15, -0.1) is 0 Å². The van der Waals surface area contributed by atoms with Gasteiger partial charge in [0.05, 0.1) is 11.0 Å². The predicted octanol–water partition coefficient (Wildman–Crippen LogP) is 2.96. The van der Waals surface area contributed by atoms with Gasteiger partial charge in [-0.1, -0.05) is 25.1 Å². The first-order valence-electron chi connectivity index (χ1n) is 9.10. The Hall–Kier alpha value is -2.22. The van der Waals surface area contributed by atoms with E-state index in [1.165, 1.54) is 24.3 Å². The molecule has 0 spiro atoms.